The van der Waals surface area contributed by atoms with Crippen LogP contribution in [0.4, 0.5) is 11.4 Å². The minimum atomic E-state index is -0.0757. The molecule has 0 amide bonds. The maximum absolute atomic E-state index is 13.3. The quantitative estimate of drug-likeness (QED) is 0.256. The number of azo groups is 1. The van der Waals surface area contributed by atoms with Gasteiger partial charge in [-0.1, -0.05) is 64.0 Å². The van der Waals surface area contributed by atoms with Crippen molar-refractivity contribution in [2.24, 2.45) is 17.3 Å². The average molecular weight is 432 g/mol. The third-order valence-corrected chi connectivity index (χ3v) is 5.18. The normalized spacial score (nSPS) is 11.4. The van der Waals surface area contributed by atoms with Crippen LogP contribution in [0.3, 0.4) is 0 Å². The number of aryl methyl sites for hydroxylation is 2. The molecule has 0 aliphatic rings. The van der Waals surface area contributed by atoms with Gasteiger partial charge in [0, 0.05) is 22.5 Å². The van der Waals surface area contributed by atoms with Crippen LogP contribution in [0.15, 0.2) is 87.5 Å². The van der Waals surface area contributed by atoms with Crippen molar-refractivity contribution in [2.45, 2.75) is 6.92 Å². The maximum atomic E-state index is 13.3. The van der Waals surface area contributed by atoms with Gasteiger partial charge in [-0.05, 0) is 37.3 Å². The zero-order valence-corrected chi connectivity index (χ0v) is 17.1. The van der Waals surface area contributed by atoms with Gasteiger partial charge in [0.2, 0.25) is 5.78 Å². The number of aromatic nitrogens is 1. The fraction of sp³-hybridized carbons (Fsp3) is 0.0870. The van der Waals surface area contributed by atoms with Gasteiger partial charge >= 0.3 is 0 Å². The molecule has 0 fully saturated rings. The number of hydrogen-bond donors (Lipinski definition) is 0. The molecular weight excluding hydrogens is 414 g/mol. The fourth-order valence-corrected chi connectivity index (χ4v) is 3.56. The Morgan fingerprint density at radius 2 is 1.64 bits per heavy atom. The average Bonchev–Trinajstić information content (AvgIpc) is 2.98. The number of carbonyl (C=O) groups excluding carboxylic acids is 1. The Bertz CT molecular complexity index is 1190. The minimum absolute atomic E-state index is 0.0757. The van der Waals surface area contributed by atoms with Crippen LogP contribution in [-0.4, -0.2) is 10.4 Å². The molecule has 4 nitrogen and oxygen atoms in total. The van der Waals surface area contributed by atoms with E-state index in [2.05, 4.69) is 26.2 Å². The monoisotopic (exact) mass is 431 g/mol. The van der Waals surface area contributed by atoms with Crippen LogP contribution in [0.2, 0.25) is 0 Å². The van der Waals surface area contributed by atoms with Crippen molar-refractivity contribution < 1.29 is 4.79 Å². The van der Waals surface area contributed by atoms with Crippen molar-refractivity contribution in [3.63, 3.8) is 0 Å². The van der Waals surface area contributed by atoms with E-state index >= 15 is 0 Å². The number of fused-ring (bicyclic) bond motifs is 1. The van der Waals surface area contributed by atoms with E-state index in [0.717, 1.165) is 26.6 Å². The van der Waals surface area contributed by atoms with Gasteiger partial charge in [-0.3, -0.25) is 4.79 Å². The molecule has 0 spiro atoms. The van der Waals surface area contributed by atoms with Gasteiger partial charge in [-0.25, -0.2) is 0 Å². The number of halogens is 1. The second-order valence-corrected chi connectivity index (χ2v) is 7.56. The van der Waals surface area contributed by atoms with Gasteiger partial charge in [-0.15, -0.1) is 5.11 Å². The highest BCUT2D eigenvalue weighted by atomic mass is 79.9. The lowest BCUT2D eigenvalue weighted by Gasteiger charge is -2.04. The highest BCUT2D eigenvalue weighted by molar-refractivity contribution is 9.10. The molecule has 0 saturated heterocycles. The number of rotatable bonds is 4. The Labute approximate surface area is 171 Å². The SMILES string of the molecule is Cc1ccc(N=Nc2c(C(=O)c3ccccc3)n(C)c3ccc(Br)cc23)cc1. The van der Waals surface area contributed by atoms with E-state index in [1.54, 1.807) is 0 Å². The molecule has 0 N–H and O–H groups in total. The molecule has 1 heterocycles. The summed E-state index contributed by atoms with van der Waals surface area (Å²) in [6, 6.07) is 23.0. The Balaban J connectivity index is 1.91. The minimum Gasteiger partial charge on any atom is -0.339 e. The molecule has 0 radical (unpaired) electrons. The zero-order valence-electron chi connectivity index (χ0n) is 15.6. The summed E-state index contributed by atoms with van der Waals surface area (Å²) in [7, 11) is 1.89. The van der Waals surface area contributed by atoms with Crippen molar-refractivity contribution >= 4 is 44.0 Å². The summed E-state index contributed by atoms with van der Waals surface area (Å²) in [5.41, 5.74) is 4.56. The first-order valence-corrected chi connectivity index (χ1v) is 9.70. The van der Waals surface area contributed by atoms with Crippen molar-refractivity contribution in [1.82, 2.24) is 4.57 Å². The highest BCUT2D eigenvalue weighted by Gasteiger charge is 2.22. The fourth-order valence-electron chi connectivity index (χ4n) is 3.20. The van der Waals surface area contributed by atoms with Crippen molar-refractivity contribution in [2.75, 3.05) is 0 Å². The smallest absolute Gasteiger partial charge is 0.211 e. The summed E-state index contributed by atoms with van der Waals surface area (Å²) in [5, 5.41) is 9.78. The Hall–Kier alpha value is -3.05. The van der Waals surface area contributed by atoms with E-state index < -0.39 is 0 Å². The number of ketones is 1. The lowest BCUT2D eigenvalue weighted by Crippen LogP contribution is -2.07. The van der Waals surface area contributed by atoms with E-state index in [-0.39, 0.29) is 5.78 Å². The van der Waals surface area contributed by atoms with Crippen molar-refractivity contribution in [1.29, 1.82) is 0 Å². The second kappa shape index (κ2) is 7.52. The Morgan fingerprint density at radius 3 is 2.36 bits per heavy atom. The topological polar surface area (TPSA) is 46.7 Å². The largest absolute Gasteiger partial charge is 0.339 e. The third-order valence-electron chi connectivity index (χ3n) is 4.69. The lowest BCUT2D eigenvalue weighted by atomic mass is 10.1. The summed E-state index contributed by atoms with van der Waals surface area (Å²) in [5.74, 6) is -0.0757. The first kappa shape index (κ1) is 18.3. The number of benzene rings is 3. The van der Waals surface area contributed by atoms with Crippen LogP contribution in [0.1, 0.15) is 21.6 Å². The first-order chi connectivity index (χ1) is 13.5. The zero-order chi connectivity index (χ0) is 19.7. The molecule has 5 heteroatoms. The Kier molecular flexibility index (Phi) is 4.92. The van der Waals surface area contributed by atoms with E-state index in [9.17, 15) is 4.79 Å². The van der Waals surface area contributed by atoms with Crippen molar-refractivity contribution in [3.8, 4) is 0 Å². The predicted molar refractivity (Wildman–Crippen MR) is 116 cm³/mol. The van der Waals surface area contributed by atoms with Crippen LogP contribution in [-0.2, 0) is 7.05 Å². The molecule has 0 unspecified atom stereocenters. The molecule has 0 atom stereocenters. The van der Waals surface area contributed by atoms with Gasteiger partial charge < -0.3 is 4.57 Å². The lowest BCUT2D eigenvalue weighted by molar-refractivity contribution is 0.103. The van der Waals surface area contributed by atoms with E-state index in [0.29, 0.717) is 16.9 Å². The van der Waals surface area contributed by atoms with Crippen molar-refractivity contribution in [3.05, 3.63) is 94.1 Å². The van der Waals surface area contributed by atoms with Gasteiger partial charge in [0.25, 0.3) is 0 Å². The third kappa shape index (κ3) is 3.41. The molecule has 1 aromatic heterocycles. The molecule has 3 aromatic carbocycles. The van der Waals surface area contributed by atoms with Crippen LogP contribution in [0.25, 0.3) is 10.9 Å². The van der Waals surface area contributed by atoms with E-state index in [1.807, 2.05) is 91.3 Å². The molecule has 0 aliphatic heterocycles. The molecule has 4 rings (SSSR count). The molecule has 28 heavy (non-hydrogen) atoms. The summed E-state index contributed by atoms with van der Waals surface area (Å²) >= 11 is 3.52. The number of hydrogen-bond acceptors (Lipinski definition) is 3. The standard InChI is InChI=1S/C23H18BrN3O/c1-15-8-11-18(12-9-15)25-26-21-19-14-17(24)10-13-20(19)27(2)22(21)23(28)16-6-4-3-5-7-16/h3-14H,1-2H3. The molecule has 0 aliphatic carbocycles. The summed E-state index contributed by atoms with van der Waals surface area (Å²) in [4.78, 5) is 13.3. The predicted octanol–water partition coefficient (Wildman–Crippen LogP) is 6.90. The summed E-state index contributed by atoms with van der Waals surface area (Å²) < 4.78 is 2.82. The maximum Gasteiger partial charge on any atom is 0.211 e. The van der Waals surface area contributed by atoms with Crippen LogP contribution in [0.5, 0.6) is 0 Å². The van der Waals surface area contributed by atoms with Crippen LogP contribution < -0.4 is 0 Å². The molecule has 138 valence electrons. The van der Waals surface area contributed by atoms with Crippen LogP contribution in [0, 0.1) is 6.92 Å². The Morgan fingerprint density at radius 1 is 0.929 bits per heavy atom. The van der Waals surface area contributed by atoms with E-state index in [4.69, 9.17) is 0 Å². The summed E-state index contributed by atoms with van der Waals surface area (Å²) in [6.07, 6.45) is 0. The van der Waals surface area contributed by atoms with Gasteiger partial charge in [0.05, 0.1) is 11.2 Å². The molecular formula is C23H18BrN3O. The van der Waals surface area contributed by atoms with Crippen LogP contribution >= 0.6 is 15.9 Å². The highest BCUT2D eigenvalue weighted by Crippen LogP contribution is 2.37. The summed E-state index contributed by atoms with van der Waals surface area (Å²) in [6.45, 7) is 2.03. The molecule has 0 saturated carbocycles. The molecule has 4 aromatic rings. The van der Waals surface area contributed by atoms with Gasteiger partial charge in [0.1, 0.15) is 11.4 Å². The second-order valence-electron chi connectivity index (χ2n) is 6.65. The number of nitrogens with zero attached hydrogens (tertiary/aromatic N) is 3. The first-order valence-electron chi connectivity index (χ1n) is 8.90. The molecule has 0 bridgehead atoms. The van der Waals surface area contributed by atoms with Gasteiger partial charge in [0.15, 0.2) is 0 Å². The van der Waals surface area contributed by atoms with Gasteiger partial charge in [-0.2, -0.15) is 5.11 Å². The van der Waals surface area contributed by atoms with E-state index in [1.165, 1.54) is 0 Å². The number of carbonyl (C=O) groups is 1.